The van der Waals surface area contributed by atoms with Crippen molar-refractivity contribution in [3.63, 3.8) is 0 Å². The molecule has 0 aromatic heterocycles. The van der Waals surface area contributed by atoms with Gasteiger partial charge in [0.25, 0.3) is 0 Å². The van der Waals surface area contributed by atoms with E-state index in [9.17, 15) is 18.0 Å². The fraction of sp³-hybridized carbons (Fsp3) is 0. The van der Waals surface area contributed by atoms with Gasteiger partial charge >= 0.3 is 0 Å². The third-order valence-corrected chi connectivity index (χ3v) is 2.75. The highest BCUT2D eigenvalue weighted by atomic mass is 79.9. The number of carbonyl (C=O) groups is 1. The average Bonchev–Trinajstić information content (AvgIpc) is 2.13. The Morgan fingerprint density at radius 3 is 1.62 bits per heavy atom. The molecule has 0 saturated heterocycles. The largest absolute Gasteiger partial charge is 0.298 e. The molecule has 1 aromatic rings. The number of carbonyl (C=O) groups excluding carboxylic acids is 1. The van der Waals surface area contributed by atoms with Gasteiger partial charge in [-0.15, -0.1) is 0 Å². The van der Waals surface area contributed by atoms with Crippen molar-refractivity contribution in [3.8, 4) is 0 Å². The molecular formula is C7HBr2F3O. The predicted octanol–water partition coefficient (Wildman–Crippen LogP) is 3.44. The monoisotopic (exact) mass is 316 g/mol. The van der Waals surface area contributed by atoms with Crippen LogP contribution in [0.1, 0.15) is 10.4 Å². The van der Waals surface area contributed by atoms with Crippen molar-refractivity contribution in [2.24, 2.45) is 0 Å². The third-order valence-electron chi connectivity index (χ3n) is 1.36. The van der Waals surface area contributed by atoms with Crippen LogP contribution in [0, 0.1) is 17.5 Å². The molecule has 0 atom stereocenters. The van der Waals surface area contributed by atoms with E-state index >= 15 is 0 Å². The fourth-order valence-corrected chi connectivity index (χ4v) is 1.82. The van der Waals surface area contributed by atoms with E-state index in [0.29, 0.717) is 0 Å². The Bertz CT molecular complexity index is 349. The first-order chi connectivity index (χ1) is 6.00. The summed E-state index contributed by atoms with van der Waals surface area (Å²) in [6.45, 7) is 0. The van der Waals surface area contributed by atoms with Gasteiger partial charge < -0.3 is 0 Å². The summed E-state index contributed by atoms with van der Waals surface area (Å²) in [5.74, 6) is -3.60. The molecule has 6 heteroatoms. The third kappa shape index (κ3) is 1.65. The second-order valence-corrected chi connectivity index (χ2v) is 3.69. The van der Waals surface area contributed by atoms with Gasteiger partial charge in [-0.25, -0.2) is 13.2 Å². The van der Waals surface area contributed by atoms with Gasteiger partial charge in [-0.1, -0.05) is 0 Å². The molecule has 13 heavy (non-hydrogen) atoms. The molecule has 1 rings (SSSR count). The second kappa shape index (κ2) is 3.79. The summed E-state index contributed by atoms with van der Waals surface area (Å²) < 4.78 is 37.6. The van der Waals surface area contributed by atoms with Gasteiger partial charge in [0.15, 0.2) is 23.7 Å². The maximum absolute atomic E-state index is 12.9. The molecule has 0 aliphatic heterocycles. The van der Waals surface area contributed by atoms with Gasteiger partial charge in [0.2, 0.25) is 0 Å². The van der Waals surface area contributed by atoms with Crippen LogP contribution in [0.15, 0.2) is 8.95 Å². The maximum atomic E-state index is 12.9. The van der Waals surface area contributed by atoms with Crippen molar-refractivity contribution in [2.45, 2.75) is 0 Å². The van der Waals surface area contributed by atoms with Gasteiger partial charge in [0.1, 0.15) is 0 Å². The quantitative estimate of drug-likeness (QED) is 0.440. The first-order valence-corrected chi connectivity index (χ1v) is 4.56. The minimum Gasteiger partial charge on any atom is -0.298 e. The predicted molar refractivity (Wildman–Crippen MR) is 47.1 cm³/mol. The van der Waals surface area contributed by atoms with Crippen LogP contribution in [-0.2, 0) is 0 Å². The second-order valence-electron chi connectivity index (χ2n) is 2.10. The van der Waals surface area contributed by atoms with Gasteiger partial charge in [-0.3, -0.25) is 4.79 Å². The molecule has 0 bridgehead atoms. The molecule has 0 fully saturated rings. The Kier molecular flexibility index (Phi) is 3.13. The molecule has 0 amide bonds. The van der Waals surface area contributed by atoms with E-state index in [1.54, 1.807) is 0 Å². The van der Waals surface area contributed by atoms with Crippen molar-refractivity contribution >= 4 is 38.1 Å². The number of aldehydes is 1. The molecule has 0 heterocycles. The smallest absolute Gasteiger partial charge is 0.157 e. The molecule has 0 radical (unpaired) electrons. The molecule has 0 aliphatic rings. The van der Waals surface area contributed by atoms with Crippen molar-refractivity contribution in [2.75, 3.05) is 0 Å². The van der Waals surface area contributed by atoms with Crippen LogP contribution in [-0.4, -0.2) is 6.29 Å². The normalized spacial score (nSPS) is 10.2. The van der Waals surface area contributed by atoms with Gasteiger partial charge in [0.05, 0.1) is 14.5 Å². The molecule has 0 N–H and O–H groups in total. The number of hydrogen-bond donors (Lipinski definition) is 0. The number of halogens is 5. The lowest BCUT2D eigenvalue weighted by molar-refractivity contribution is 0.111. The van der Waals surface area contributed by atoms with E-state index in [1.807, 2.05) is 0 Å². The van der Waals surface area contributed by atoms with Crippen LogP contribution in [0.25, 0.3) is 0 Å². The first-order valence-electron chi connectivity index (χ1n) is 2.97. The molecule has 0 spiro atoms. The molecule has 0 saturated carbocycles. The first kappa shape index (κ1) is 10.7. The number of rotatable bonds is 1. The van der Waals surface area contributed by atoms with E-state index in [-0.39, 0.29) is 6.29 Å². The Hall–Kier alpha value is -0.360. The Balaban J connectivity index is 3.66. The Morgan fingerprint density at radius 1 is 0.923 bits per heavy atom. The van der Waals surface area contributed by atoms with E-state index in [1.165, 1.54) is 0 Å². The maximum Gasteiger partial charge on any atom is 0.157 e. The minimum atomic E-state index is -1.24. The lowest BCUT2D eigenvalue weighted by Crippen LogP contribution is -1.99. The van der Waals surface area contributed by atoms with Crippen LogP contribution in [0.5, 0.6) is 0 Å². The summed E-state index contributed by atoms with van der Waals surface area (Å²) in [7, 11) is 0. The highest BCUT2D eigenvalue weighted by Gasteiger charge is 2.21. The summed E-state index contributed by atoms with van der Waals surface area (Å²) in [6.07, 6.45) is -0.0143. The van der Waals surface area contributed by atoms with Crippen molar-refractivity contribution in [1.82, 2.24) is 0 Å². The van der Waals surface area contributed by atoms with E-state index < -0.39 is 32.0 Å². The van der Waals surface area contributed by atoms with Gasteiger partial charge in [-0.05, 0) is 31.9 Å². The molecule has 1 nitrogen and oxygen atoms in total. The summed E-state index contributed by atoms with van der Waals surface area (Å²) >= 11 is 5.10. The molecular weight excluding hydrogens is 317 g/mol. The lowest BCUT2D eigenvalue weighted by atomic mass is 10.2. The number of benzene rings is 1. The van der Waals surface area contributed by atoms with Crippen LogP contribution in [0.3, 0.4) is 0 Å². The minimum absolute atomic E-state index is 0.0143. The Labute approximate surface area is 88.2 Å². The zero-order chi connectivity index (χ0) is 10.2. The summed E-state index contributed by atoms with van der Waals surface area (Å²) in [4.78, 5) is 10.2. The summed E-state index contributed by atoms with van der Waals surface area (Å²) in [5.41, 5.74) is -0.805. The summed E-state index contributed by atoms with van der Waals surface area (Å²) in [5, 5.41) is 0. The zero-order valence-electron chi connectivity index (χ0n) is 5.88. The van der Waals surface area contributed by atoms with E-state index in [0.717, 1.165) is 0 Å². The van der Waals surface area contributed by atoms with Gasteiger partial charge in [0, 0.05) is 0 Å². The molecule has 70 valence electrons. The van der Waals surface area contributed by atoms with Crippen LogP contribution >= 0.6 is 31.9 Å². The average molecular weight is 318 g/mol. The van der Waals surface area contributed by atoms with Gasteiger partial charge in [-0.2, -0.15) is 0 Å². The highest BCUT2D eigenvalue weighted by molar-refractivity contribution is 9.11. The zero-order valence-corrected chi connectivity index (χ0v) is 9.05. The van der Waals surface area contributed by atoms with Crippen molar-refractivity contribution in [3.05, 3.63) is 32.0 Å². The lowest BCUT2D eigenvalue weighted by Gasteiger charge is -2.04. The molecule has 1 aromatic carbocycles. The summed E-state index contributed by atoms with van der Waals surface area (Å²) in [6, 6.07) is 0. The number of hydrogen-bond acceptors (Lipinski definition) is 1. The fourth-order valence-electron chi connectivity index (χ4n) is 0.725. The standard InChI is InChI=1S/C7HBr2F3O/c8-3-5(10)2(1-13)6(11)4(9)7(3)12/h1H. The topological polar surface area (TPSA) is 17.1 Å². The molecule has 0 aliphatic carbocycles. The molecule has 0 unspecified atom stereocenters. The van der Waals surface area contributed by atoms with Crippen LogP contribution in [0.4, 0.5) is 13.2 Å². The van der Waals surface area contributed by atoms with E-state index in [4.69, 9.17) is 0 Å². The van der Waals surface area contributed by atoms with Crippen LogP contribution in [0.2, 0.25) is 0 Å². The van der Waals surface area contributed by atoms with Crippen molar-refractivity contribution < 1.29 is 18.0 Å². The van der Waals surface area contributed by atoms with E-state index in [2.05, 4.69) is 31.9 Å². The Morgan fingerprint density at radius 2 is 1.31 bits per heavy atom. The highest BCUT2D eigenvalue weighted by Crippen LogP contribution is 2.31. The van der Waals surface area contributed by atoms with Crippen LogP contribution < -0.4 is 0 Å². The van der Waals surface area contributed by atoms with Crippen molar-refractivity contribution in [1.29, 1.82) is 0 Å². The SMILES string of the molecule is O=Cc1c(F)c(Br)c(F)c(Br)c1F.